The van der Waals surface area contributed by atoms with Crippen LogP contribution in [0.3, 0.4) is 0 Å². The molecule has 2 atom stereocenters. The molecular formula is C22H25N5. The summed E-state index contributed by atoms with van der Waals surface area (Å²) in [5.74, 6) is 0.0981. The summed E-state index contributed by atoms with van der Waals surface area (Å²) >= 11 is 0. The maximum Gasteiger partial charge on any atom is 0.170 e. The number of benzene rings is 1. The van der Waals surface area contributed by atoms with Crippen LogP contribution in [0.5, 0.6) is 0 Å². The topological polar surface area (TPSA) is 75.3 Å². The highest BCUT2D eigenvalue weighted by Crippen LogP contribution is 2.26. The van der Waals surface area contributed by atoms with Gasteiger partial charge in [0.15, 0.2) is 6.29 Å². The molecule has 1 aromatic carbocycles. The number of rotatable bonds is 6. The highest BCUT2D eigenvalue weighted by molar-refractivity contribution is 5.73. The molecule has 0 saturated heterocycles. The predicted molar refractivity (Wildman–Crippen MR) is 112 cm³/mol. The Bertz CT molecular complexity index is 905. The van der Waals surface area contributed by atoms with Crippen molar-refractivity contribution in [3.8, 4) is 11.1 Å². The maximum absolute atomic E-state index is 5.87. The average Bonchev–Trinajstić information content (AvgIpc) is 2.68. The number of nitrogens with one attached hydrogen (secondary N) is 2. The van der Waals surface area contributed by atoms with Crippen LogP contribution in [0.25, 0.3) is 11.1 Å². The molecule has 0 amide bonds. The van der Waals surface area contributed by atoms with Crippen LogP contribution >= 0.6 is 0 Å². The number of anilines is 1. The van der Waals surface area contributed by atoms with Crippen molar-refractivity contribution in [3.05, 3.63) is 78.1 Å². The zero-order valence-electron chi connectivity index (χ0n) is 15.7. The van der Waals surface area contributed by atoms with Crippen LogP contribution in [-0.2, 0) is 0 Å². The molecule has 4 N–H and O–H groups in total. The van der Waals surface area contributed by atoms with Crippen LogP contribution in [0.4, 0.5) is 5.69 Å². The van der Waals surface area contributed by atoms with Gasteiger partial charge in [-0.1, -0.05) is 25.6 Å². The number of pyridine rings is 1. The summed E-state index contributed by atoms with van der Waals surface area (Å²) < 4.78 is 0. The minimum atomic E-state index is -0.410. The molecule has 3 rings (SSSR count). The molecule has 0 spiro atoms. The van der Waals surface area contributed by atoms with E-state index in [1.54, 1.807) is 6.21 Å². The number of allylic oxidation sites excluding steroid dienone is 1. The molecule has 0 aliphatic carbocycles. The Morgan fingerprint density at radius 2 is 2.07 bits per heavy atom. The normalized spacial score (nSPS) is 16.7. The van der Waals surface area contributed by atoms with Crippen molar-refractivity contribution in [1.82, 2.24) is 10.3 Å². The lowest BCUT2D eigenvalue weighted by Crippen LogP contribution is -2.39. The summed E-state index contributed by atoms with van der Waals surface area (Å²) in [6.07, 6.45) is 7.90. The smallest absolute Gasteiger partial charge is 0.170 e. The Morgan fingerprint density at radius 1 is 1.30 bits per heavy atom. The molecule has 0 radical (unpaired) electrons. The van der Waals surface area contributed by atoms with Crippen LogP contribution < -0.4 is 16.4 Å². The average molecular weight is 359 g/mol. The van der Waals surface area contributed by atoms with Gasteiger partial charge in [0, 0.05) is 41.5 Å². The molecule has 2 unspecified atom stereocenters. The number of nitrogens with zero attached hydrogens (tertiary/aromatic N) is 2. The second-order valence-corrected chi connectivity index (χ2v) is 6.51. The van der Waals surface area contributed by atoms with Crippen molar-refractivity contribution in [2.75, 3.05) is 5.32 Å². The zero-order chi connectivity index (χ0) is 19.2. The fraction of sp³-hybridized carbons (Fsp3) is 0.227. The van der Waals surface area contributed by atoms with E-state index in [1.165, 1.54) is 0 Å². The molecule has 138 valence electrons. The van der Waals surface area contributed by atoms with Crippen LogP contribution in [0, 0.1) is 12.8 Å². The van der Waals surface area contributed by atoms with E-state index in [1.807, 2.05) is 25.4 Å². The summed E-state index contributed by atoms with van der Waals surface area (Å²) in [6, 6.07) is 10.4. The first-order valence-electron chi connectivity index (χ1n) is 9.05. The van der Waals surface area contributed by atoms with Gasteiger partial charge in [-0.15, -0.1) is 5.73 Å². The number of aliphatic imine (C=N–C) groups is 1. The van der Waals surface area contributed by atoms with Gasteiger partial charge in [0.25, 0.3) is 0 Å². The van der Waals surface area contributed by atoms with Gasteiger partial charge in [0.05, 0.1) is 5.70 Å². The lowest BCUT2D eigenvalue weighted by atomic mass is 9.97. The Labute approximate surface area is 160 Å². The molecule has 2 aromatic rings. The summed E-state index contributed by atoms with van der Waals surface area (Å²) in [5, 5.41) is 6.65. The van der Waals surface area contributed by atoms with E-state index in [4.69, 9.17) is 5.73 Å². The zero-order valence-corrected chi connectivity index (χ0v) is 15.7. The van der Waals surface area contributed by atoms with E-state index in [0.29, 0.717) is 0 Å². The van der Waals surface area contributed by atoms with E-state index in [9.17, 15) is 0 Å². The van der Waals surface area contributed by atoms with Crippen LogP contribution in [0.15, 0.2) is 77.5 Å². The lowest BCUT2D eigenvalue weighted by Gasteiger charge is -2.26. The van der Waals surface area contributed by atoms with Crippen LogP contribution in [-0.4, -0.2) is 17.5 Å². The number of hydrogen-bond donors (Lipinski definition) is 3. The summed E-state index contributed by atoms with van der Waals surface area (Å²) in [5.41, 5.74) is 15.2. The van der Waals surface area contributed by atoms with Crippen molar-refractivity contribution in [3.63, 3.8) is 0 Å². The fourth-order valence-electron chi connectivity index (χ4n) is 3.14. The fourth-order valence-corrected chi connectivity index (χ4v) is 3.14. The Balaban J connectivity index is 1.77. The van der Waals surface area contributed by atoms with E-state index in [0.717, 1.165) is 40.2 Å². The largest absolute Gasteiger partial charge is 0.354 e. The third kappa shape index (κ3) is 4.53. The first-order chi connectivity index (χ1) is 13.1. The van der Waals surface area contributed by atoms with Gasteiger partial charge in [-0.25, -0.2) is 0 Å². The molecule has 27 heavy (non-hydrogen) atoms. The number of hydrogen-bond acceptors (Lipinski definition) is 5. The van der Waals surface area contributed by atoms with Gasteiger partial charge in [0.1, 0.15) is 0 Å². The van der Waals surface area contributed by atoms with Gasteiger partial charge in [-0.2, -0.15) is 0 Å². The highest BCUT2D eigenvalue weighted by Gasteiger charge is 2.20. The van der Waals surface area contributed by atoms with Crippen molar-refractivity contribution >= 4 is 11.9 Å². The molecule has 1 aliphatic heterocycles. The molecule has 1 aliphatic rings. The predicted octanol–water partition coefficient (Wildman–Crippen LogP) is 3.96. The van der Waals surface area contributed by atoms with Crippen LogP contribution in [0.1, 0.15) is 18.9 Å². The van der Waals surface area contributed by atoms with Gasteiger partial charge in [-0.05, 0) is 48.7 Å². The molecule has 2 heterocycles. The van der Waals surface area contributed by atoms with Crippen molar-refractivity contribution < 1.29 is 0 Å². The number of aryl methyl sites for hydroxylation is 1. The molecule has 5 heteroatoms. The van der Waals surface area contributed by atoms with Gasteiger partial charge in [0.2, 0.25) is 0 Å². The van der Waals surface area contributed by atoms with Crippen molar-refractivity contribution in [2.45, 2.75) is 26.6 Å². The van der Waals surface area contributed by atoms with E-state index in [-0.39, 0.29) is 5.92 Å². The van der Waals surface area contributed by atoms with Crippen molar-refractivity contribution in [1.29, 1.82) is 0 Å². The third-order valence-corrected chi connectivity index (χ3v) is 4.51. The lowest BCUT2D eigenvalue weighted by molar-refractivity contribution is 0.537. The third-order valence-electron chi connectivity index (χ3n) is 4.51. The van der Waals surface area contributed by atoms with Gasteiger partial charge >= 0.3 is 0 Å². The number of aromatic nitrogens is 1. The Hall–Kier alpha value is -3.14. The first kappa shape index (κ1) is 18.6. The molecule has 0 saturated carbocycles. The first-order valence-corrected chi connectivity index (χ1v) is 9.05. The minimum Gasteiger partial charge on any atom is -0.354 e. The summed E-state index contributed by atoms with van der Waals surface area (Å²) in [4.78, 5) is 8.37. The minimum absolute atomic E-state index is 0.0981. The van der Waals surface area contributed by atoms with E-state index >= 15 is 0 Å². The summed E-state index contributed by atoms with van der Waals surface area (Å²) in [7, 11) is 0. The van der Waals surface area contributed by atoms with E-state index in [2.05, 4.69) is 70.2 Å². The summed E-state index contributed by atoms with van der Waals surface area (Å²) in [6.45, 7) is 8.03. The SMILES string of the molecule is C=C=C(Nc1ccc(-c2cncc(C)c2)cc1)C(CC)C1=CC=NC(N)N1. The molecule has 0 fully saturated rings. The van der Waals surface area contributed by atoms with E-state index < -0.39 is 6.29 Å². The number of nitrogens with two attached hydrogens (primary N) is 1. The van der Waals surface area contributed by atoms with Gasteiger partial charge < -0.3 is 10.6 Å². The van der Waals surface area contributed by atoms with Gasteiger partial charge in [-0.3, -0.25) is 15.7 Å². The molecule has 5 nitrogen and oxygen atoms in total. The maximum atomic E-state index is 5.87. The molecule has 1 aromatic heterocycles. The van der Waals surface area contributed by atoms with Crippen molar-refractivity contribution in [2.24, 2.45) is 16.6 Å². The molecular weight excluding hydrogens is 334 g/mol. The Morgan fingerprint density at radius 3 is 2.70 bits per heavy atom. The van der Waals surface area contributed by atoms with Crippen LogP contribution in [0.2, 0.25) is 0 Å². The second kappa shape index (κ2) is 8.49. The quantitative estimate of drug-likeness (QED) is 0.682. The Kier molecular flexibility index (Phi) is 5.87. The standard InChI is InChI=1S/C22H25N5/c1-4-19(21-10-11-25-22(23)27-21)20(5-2)26-18-8-6-16(7-9-18)17-12-15(3)13-24-14-17/h6-14,19,22,26-27H,2,4,23H2,1,3H3. The second-order valence-electron chi connectivity index (χ2n) is 6.51. The molecule has 0 bridgehead atoms. The highest BCUT2D eigenvalue weighted by atomic mass is 15.2. The monoisotopic (exact) mass is 359 g/mol.